The van der Waals surface area contributed by atoms with Crippen molar-refractivity contribution in [2.45, 2.75) is 13.1 Å². The third kappa shape index (κ3) is 4.90. The van der Waals surface area contributed by atoms with Crippen molar-refractivity contribution in [1.29, 1.82) is 0 Å². The summed E-state index contributed by atoms with van der Waals surface area (Å²) in [5, 5.41) is 0. The molecule has 21 heavy (non-hydrogen) atoms. The average Bonchev–Trinajstić information content (AvgIpc) is 2.45. The van der Waals surface area contributed by atoms with Crippen LogP contribution in [0, 0.1) is 0 Å². The molecule has 0 aliphatic carbocycles. The van der Waals surface area contributed by atoms with Crippen LogP contribution in [0.15, 0.2) is 42.7 Å². The van der Waals surface area contributed by atoms with E-state index in [9.17, 15) is 13.2 Å². The van der Waals surface area contributed by atoms with Gasteiger partial charge in [-0.25, -0.2) is 9.97 Å². The molecule has 3 nitrogen and oxygen atoms in total. The van der Waals surface area contributed by atoms with E-state index in [1.807, 2.05) is 30.3 Å². The molecule has 0 spiro atoms. The lowest BCUT2D eigenvalue weighted by molar-refractivity contribution is -0.119. The number of benzene rings is 1. The monoisotopic (exact) mass is 317 g/mol. The van der Waals surface area contributed by atoms with Gasteiger partial charge in [0, 0.05) is 18.2 Å². The fraction of sp³-hybridized carbons (Fsp3) is 0.286. The largest absolute Gasteiger partial charge is 0.405 e. The minimum atomic E-state index is -4.26. The normalized spacial score (nSPS) is 10.9. The first-order valence-corrected chi connectivity index (χ1v) is 6.19. The number of hydrogen-bond donors (Lipinski definition) is 0. The predicted octanol–water partition coefficient (Wildman–Crippen LogP) is 3.95. The highest BCUT2D eigenvalue weighted by molar-refractivity contribution is 5.85. The lowest BCUT2D eigenvalue weighted by Gasteiger charge is -2.23. The highest BCUT2D eigenvalue weighted by Gasteiger charge is 2.30. The fourth-order valence-electron chi connectivity index (χ4n) is 1.86. The van der Waals surface area contributed by atoms with E-state index in [0.29, 0.717) is 5.69 Å². The Kier molecular flexibility index (Phi) is 5.96. The first kappa shape index (κ1) is 17.2. The SMILES string of the molecule is CCN(CC(F)(F)F)c1cc(-c2ccccc2)ncn1.Cl. The molecule has 1 heterocycles. The zero-order chi connectivity index (χ0) is 14.6. The van der Waals surface area contributed by atoms with Crippen LogP contribution < -0.4 is 4.90 Å². The van der Waals surface area contributed by atoms with E-state index >= 15 is 0 Å². The maximum atomic E-state index is 12.5. The number of hydrogen-bond acceptors (Lipinski definition) is 3. The van der Waals surface area contributed by atoms with E-state index in [0.717, 1.165) is 5.56 Å². The van der Waals surface area contributed by atoms with Gasteiger partial charge in [0.1, 0.15) is 18.7 Å². The topological polar surface area (TPSA) is 29.0 Å². The van der Waals surface area contributed by atoms with E-state index in [1.165, 1.54) is 11.2 Å². The molecule has 0 bridgehead atoms. The van der Waals surface area contributed by atoms with Crippen molar-refractivity contribution >= 4 is 18.2 Å². The van der Waals surface area contributed by atoms with Gasteiger partial charge in [0.25, 0.3) is 0 Å². The Morgan fingerprint density at radius 3 is 2.33 bits per heavy atom. The molecule has 0 fully saturated rings. The van der Waals surface area contributed by atoms with E-state index < -0.39 is 12.7 Å². The molecular weight excluding hydrogens is 303 g/mol. The maximum Gasteiger partial charge on any atom is 0.405 e. The minimum absolute atomic E-state index is 0. The molecule has 0 saturated heterocycles. The Bertz CT molecular complexity index is 561. The second kappa shape index (κ2) is 7.26. The summed E-state index contributed by atoms with van der Waals surface area (Å²) in [6.07, 6.45) is -2.97. The molecule has 0 unspecified atom stereocenters. The number of halogens is 4. The van der Waals surface area contributed by atoms with Gasteiger partial charge < -0.3 is 4.90 Å². The quantitative estimate of drug-likeness (QED) is 0.855. The fourth-order valence-corrected chi connectivity index (χ4v) is 1.86. The van der Waals surface area contributed by atoms with E-state index in [4.69, 9.17) is 0 Å². The average molecular weight is 318 g/mol. The number of anilines is 1. The van der Waals surface area contributed by atoms with Crippen LogP contribution in [0.4, 0.5) is 19.0 Å². The van der Waals surface area contributed by atoms with E-state index in [2.05, 4.69) is 9.97 Å². The molecule has 2 aromatic rings. The highest BCUT2D eigenvalue weighted by atomic mass is 35.5. The third-order valence-electron chi connectivity index (χ3n) is 2.80. The Labute approximate surface area is 127 Å². The molecular formula is C14H15ClF3N3. The van der Waals surface area contributed by atoms with Gasteiger partial charge in [-0.05, 0) is 6.92 Å². The third-order valence-corrected chi connectivity index (χ3v) is 2.80. The Hall–Kier alpha value is -1.82. The number of aromatic nitrogens is 2. The second-order valence-corrected chi connectivity index (χ2v) is 4.26. The molecule has 0 aliphatic heterocycles. The van der Waals surface area contributed by atoms with Gasteiger partial charge >= 0.3 is 6.18 Å². The molecule has 0 amide bonds. The van der Waals surface area contributed by atoms with Crippen LogP contribution in [-0.4, -0.2) is 29.2 Å². The molecule has 0 radical (unpaired) electrons. The molecule has 0 N–H and O–H groups in total. The molecule has 0 saturated carbocycles. The second-order valence-electron chi connectivity index (χ2n) is 4.26. The van der Waals surface area contributed by atoms with Gasteiger partial charge in [-0.1, -0.05) is 30.3 Å². The summed E-state index contributed by atoms with van der Waals surface area (Å²) >= 11 is 0. The van der Waals surface area contributed by atoms with Gasteiger partial charge in [0.05, 0.1) is 5.69 Å². The van der Waals surface area contributed by atoms with Crippen LogP contribution >= 0.6 is 12.4 Å². The van der Waals surface area contributed by atoms with E-state index in [1.54, 1.807) is 13.0 Å². The van der Waals surface area contributed by atoms with Gasteiger partial charge in [-0.3, -0.25) is 0 Å². The van der Waals surface area contributed by atoms with Gasteiger partial charge in [-0.2, -0.15) is 13.2 Å². The van der Waals surface area contributed by atoms with Crippen molar-refractivity contribution in [2.24, 2.45) is 0 Å². The molecule has 0 aliphatic rings. The summed E-state index contributed by atoms with van der Waals surface area (Å²) < 4.78 is 37.6. The zero-order valence-corrected chi connectivity index (χ0v) is 12.2. The van der Waals surface area contributed by atoms with Gasteiger partial charge in [0.2, 0.25) is 0 Å². The summed E-state index contributed by atoms with van der Waals surface area (Å²) in [6.45, 7) is 0.871. The maximum absolute atomic E-state index is 12.5. The summed E-state index contributed by atoms with van der Waals surface area (Å²) in [4.78, 5) is 9.21. The van der Waals surface area contributed by atoms with Crippen molar-refractivity contribution in [3.8, 4) is 11.3 Å². The van der Waals surface area contributed by atoms with Crippen molar-refractivity contribution in [2.75, 3.05) is 18.0 Å². The molecule has 1 aromatic heterocycles. The molecule has 1 aromatic carbocycles. The van der Waals surface area contributed by atoms with Crippen molar-refractivity contribution < 1.29 is 13.2 Å². The van der Waals surface area contributed by atoms with Crippen molar-refractivity contribution in [3.63, 3.8) is 0 Å². The lowest BCUT2D eigenvalue weighted by atomic mass is 10.1. The minimum Gasteiger partial charge on any atom is -0.348 e. The lowest BCUT2D eigenvalue weighted by Crippen LogP contribution is -2.34. The van der Waals surface area contributed by atoms with Crippen molar-refractivity contribution in [1.82, 2.24) is 9.97 Å². The molecule has 2 rings (SSSR count). The van der Waals surface area contributed by atoms with Crippen LogP contribution in [0.2, 0.25) is 0 Å². The summed E-state index contributed by atoms with van der Waals surface area (Å²) in [5.41, 5.74) is 1.45. The van der Waals surface area contributed by atoms with Gasteiger partial charge in [-0.15, -0.1) is 12.4 Å². The summed E-state index contributed by atoms with van der Waals surface area (Å²) in [5.74, 6) is 0.277. The van der Waals surface area contributed by atoms with Crippen LogP contribution in [0.3, 0.4) is 0 Å². The van der Waals surface area contributed by atoms with Crippen LogP contribution in [-0.2, 0) is 0 Å². The van der Waals surface area contributed by atoms with Crippen LogP contribution in [0.5, 0.6) is 0 Å². The van der Waals surface area contributed by atoms with Crippen LogP contribution in [0.25, 0.3) is 11.3 Å². The Morgan fingerprint density at radius 2 is 1.76 bits per heavy atom. The summed E-state index contributed by atoms with van der Waals surface area (Å²) in [6, 6.07) is 10.9. The molecule has 0 atom stereocenters. The Balaban J connectivity index is 0.00000220. The van der Waals surface area contributed by atoms with Crippen LogP contribution in [0.1, 0.15) is 6.92 Å². The first-order chi connectivity index (χ1) is 9.49. The highest BCUT2D eigenvalue weighted by Crippen LogP contribution is 2.23. The predicted molar refractivity (Wildman–Crippen MR) is 78.7 cm³/mol. The number of rotatable bonds is 4. The zero-order valence-electron chi connectivity index (χ0n) is 11.3. The smallest absolute Gasteiger partial charge is 0.348 e. The molecule has 114 valence electrons. The molecule has 7 heteroatoms. The van der Waals surface area contributed by atoms with Gasteiger partial charge in [0.15, 0.2) is 0 Å². The van der Waals surface area contributed by atoms with Crippen molar-refractivity contribution in [3.05, 3.63) is 42.7 Å². The number of alkyl halides is 3. The standard InChI is InChI=1S/C14H14F3N3.ClH/c1-2-20(9-14(15,16)17)13-8-12(18-10-19-13)11-6-4-3-5-7-11;/h3-8,10H,2,9H2,1H3;1H. The number of nitrogens with zero attached hydrogens (tertiary/aromatic N) is 3. The summed E-state index contributed by atoms with van der Waals surface area (Å²) in [7, 11) is 0. The first-order valence-electron chi connectivity index (χ1n) is 6.19. The Morgan fingerprint density at radius 1 is 1.10 bits per heavy atom. The van der Waals surface area contributed by atoms with E-state index in [-0.39, 0.29) is 24.8 Å².